The molecular weight excluding hydrogens is 217 g/mol. The van der Waals surface area contributed by atoms with E-state index in [2.05, 4.69) is 5.32 Å². The third-order valence-electron chi connectivity index (χ3n) is 2.60. The van der Waals surface area contributed by atoms with Gasteiger partial charge in [-0.15, -0.1) is 0 Å². The summed E-state index contributed by atoms with van der Waals surface area (Å²) >= 11 is 0. The smallest absolute Gasteiger partial charge is 0.123 e. The Morgan fingerprint density at radius 2 is 1.82 bits per heavy atom. The maximum atomic E-state index is 12.7. The van der Waals surface area contributed by atoms with Crippen molar-refractivity contribution in [3.63, 3.8) is 0 Å². The highest BCUT2D eigenvalue weighted by Gasteiger charge is 2.05. The first-order valence-electron chi connectivity index (χ1n) is 5.46. The molecule has 0 aliphatic rings. The van der Waals surface area contributed by atoms with Crippen molar-refractivity contribution in [3.05, 3.63) is 59.9 Å². The van der Waals surface area contributed by atoms with Crippen molar-refractivity contribution >= 4 is 5.69 Å². The molecule has 0 spiro atoms. The van der Waals surface area contributed by atoms with Gasteiger partial charge in [-0.25, -0.2) is 4.39 Å². The molecule has 0 saturated carbocycles. The lowest BCUT2D eigenvalue weighted by Gasteiger charge is -2.15. The summed E-state index contributed by atoms with van der Waals surface area (Å²) in [5.41, 5.74) is 1.83. The summed E-state index contributed by atoms with van der Waals surface area (Å²) in [4.78, 5) is 0. The normalized spacial score (nSPS) is 12.1. The van der Waals surface area contributed by atoms with Gasteiger partial charge in [0, 0.05) is 11.7 Å². The van der Waals surface area contributed by atoms with Gasteiger partial charge in [0.25, 0.3) is 0 Å². The number of hydrogen-bond donors (Lipinski definition) is 2. The Bertz CT molecular complexity index is 496. The predicted molar refractivity (Wildman–Crippen MR) is 66.5 cm³/mol. The summed E-state index contributed by atoms with van der Waals surface area (Å²) in [6.45, 7) is 1.98. The predicted octanol–water partition coefficient (Wildman–Crippen LogP) is 3.70. The number of rotatable bonds is 3. The Balaban J connectivity index is 2.11. The molecule has 1 unspecified atom stereocenters. The van der Waals surface area contributed by atoms with E-state index in [-0.39, 0.29) is 17.6 Å². The van der Waals surface area contributed by atoms with Crippen LogP contribution in [0, 0.1) is 5.82 Å². The fraction of sp³-hybridized carbons (Fsp3) is 0.143. The standard InChI is InChI=1S/C14H14FNO/c1-10(11-3-2-4-14(17)9-11)16-13-7-5-12(15)6-8-13/h2-10,16-17H,1H3. The minimum Gasteiger partial charge on any atom is -0.508 e. The monoisotopic (exact) mass is 231 g/mol. The van der Waals surface area contributed by atoms with Gasteiger partial charge < -0.3 is 10.4 Å². The number of anilines is 1. The number of nitrogens with one attached hydrogen (secondary N) is 1. The Morgan fingerprint density at radius 1 is 1.12 bits per heavy atom. The minimum atomic E-state index is -0.249. The summed E-state index contributed by atoms with van der Waals surface area (Å²) < 4.78 is 12.7. The van der Waals surface area contributed by atoms with E-state index in [9.17, 15) is 9.50 Å². The average molecular weight is 231 g/mol. The zero-order valence-electron chi connectivity index (χ0n) is 9.52. The highest BCUT2D eigenvalue weighted by atomic mass is 19.1. The molecule has 0 aliphatic heterocycles. The summed E-state index contributed by atoms with van der Waals surface area (Å²) in [6, 6.07) is 13.3. The largest absolute Gasteiger partial charge is 0.508 e. The lowest BCUT2D eigenvalue weighted by Crippen LogP contribution is -2.06. The SMILES string of the molecule is CC(Nc1ccc(F)cc1)c1cccc(O)c1. The molecule has 2 N–H and O–H groups in total. The fourth-order valence-electron chi connectivity index (χ4n) is 1.67. The summed E-state index contributed by atoms with van der Waals surface area (Å²) in [5.74, 6) is -0.00388. The quantitative estimate of drug-likeness (QED) is 0.844. The van der Waals surface area contributed by atoms with Crippen molar-refractivity contribution in [2.24, 2.45) is 0 Å². The van der Waals surface area contributed by atoms with E-state index >= 15 is 0 Å². The third kappa shape index (κ3) is 2.97. The van der Waals surface area contributed by atoms with Gasteiger partial charge in [0.15, 0.2) is 0 Å². The summed E-state index contributed by atoms with van der Waals surface area (Å²) in [7, 11) is 0. The summed E-state index contributed by atoms with van der Waals surface area (Å²) in [5, 5.41) is 12.6. The Labute approximate surface area is 99.7 Å². The molecule has 0 saturated heterocycles. The van der Waals surface area contributed by atoms with Crippen LogP contribution in [0.4, 0.5) is 10.1 Å². The minimum absolute atomic E-state index is 0.0487. The van der Waals surface area contributed by atoms with Gasteiger partial charge in [0.05, 0.1) is 0 Å². The van der Waals surface area contributed by atoms with E-state index in [4.69, 9.17) is 0 Å². The van der Waals surface area contributed by atoms with E-state index in [0.717, 1.165) is 11.3 Å². The van der Waals surface area contributed by atoms with Crippen molar-refractivity contribution < 1.29 is 9.50 Å². The van der Waals surface area contributed by atoms with Crippen molar-refractivity contribution in [2.75, 3.05) is 5.32 Å². The van der Waals surface area contributed by atoms with Crippen LogP contribution in [-0.4, -0.2) is 5.11 Å². The lowest BCUT2D eigenvalue weighted by molar-refractivity contribution is 0.474. The second kappa shape index (κ2) is 4.87. The second-order valence-electron chi connectivity index (χ2n) is 3.97. The van der Waals surface area contributed by atoms with E-state index in [1.807, 2.05) is 13.0 Å². The van der Waals surface area contributed by atoms with Crippen LogP contribution in [0.5, 0.6) is 5.75 Å². The van der Waals surface area contributed by atoms with Gasteiger partial charge in [-0.2, -0.15) is 0 Å². The number of hydrogen-bond acceptors (Lipinski definition) is 2. The molecule has 0 radical (unpaired) electrons. The van der Waals surface area contributed by atoms with Gasteiger partial charge in [-0.1, -0.05) is 12.1 Å². The van der Waals surface area contributed by atoms with Crippen LogP contribution in [0.3, 0.4) is 0 Å². The zero-order chi connectivity index (χ0) is 12.3. The number of benzene rings is 2. The average Bonchev–Trinajstić information content (AvgIpc) is 2.32. The van der Waals surface area contributed by atoms with Crippen LogP contribution in [-0.2, 0) is 0 Å². The van der Waals surface area contributed by atoms with Crippen LogP contribution in [0.2, 0.25) is 0 Å². The van der Waals surface area contributed by atoms with Crippen LogP contribution >= 0.6 is 0 Å². The van der Waals surface area contributed by atoms with Crippen molar-refractivity contribution in [1.29, 1.82) is 0 Å². The van der Waals surface area contributed by atoms with Crippen LogP contribution in [0.1, 0.15) is 18.5 Å². The number of halogens is 1. The van der Waals surface area contributed by atoms with E-state index in [1.54, 1.807) is 30.3 Å². The molecule has 88 valence electrons. The first kappa shape index (κ1) is 11.5. The van der Waals surface area contributed by atoms with Gasteiger partial charge >= 0.3 is 0 Å². The molecule has 1 atom stereocenters. The Morgan fingerprint density at radius 3 is 2.47 bits per heavy atom. The molecule has 0 aliphatic carbocycles. The molecular formula is C14H14FNO. The molecule has 3 heteroatoms. The van der Waals surface area contributed by atoms with Crippen molar-refractivity contribution in [2.45, 2.75) is 13.0 Å². The van der Waals surface area contributed by atoms with Crippen LogP contribution < -0.4 is 5.32 Å². The molecule has 0 amide bonds. The van der Waals surface area contributed by atoms with Gasteiger partial charge in [0.2, 0.25) is 0 Å². The van der Waals surface area contributed by atoms with Crippen molar-refractivity contribution in [1.82, 2.24) is 0 Å². The van der Waals surface area contributed by atoms with Crippen molar-refractivity contribution in [3.8, 4) is 5.75 Å². The first-order valence-corrected chi connectivity index (χ1v) is 5.46. The van der Waals surface area contributed by atoms with E-state index in [1.165, 1.54) is 12.1 Å². The highest BCUT2D eigenvalue weighted by Crippen LogP contribution is 2.22. The third-order valence-corrected chi connectivity index (χ3v) is 2.60. The molecule has 2 nitrogen and oxygen atoms in total. The number of phenolic OH excluding ortho intramolecular Hbond substituents is 1. The van der Waals surface area contributed by atoms with Gasteiger partial charge in [-0.05, 0) is 48.9 Å². The molecule has 17 heavy (non-hydrogen) atoms. The van der Waals surface area contributed by atoms with Crippen LogP contribution in [0.15, 0.2) is 48.5 Å². The number of aromatic hydroxyl groups is 1. The van der Waals surface area contributed by atoms with Gasteiger partial charge in [0.1, 0.15) is 11.6 Å². The topological polar surface area (TPSA) is 32.3 Å². The maximum absolute atomic E-state index is 12.7. The highest BCUT2D eigenvalue weighted by molar-refractivity contribution is 5.45. The lowest BCUT2D eigenvalue weighted by atomic mass is 10.1. The zero-order valence-corrected chi connectivity index (χ0v) is 9.52. The molecule has 2 rings (SSSR count). The van der Waals surface area contributed by atoms with E-state index in [0.29, 0.717) is 0 Å². The van der Waals surface area contributed by atoms with Crippen LogP contribution in [0.25, 0.3) is 0 Å². The molecule has 2 aromatic carbocycles. The molecule has 0 aromatic heterocycles. The first-order chi connectivity index (χ1) is 8.15. The Kier molecular flexibility index (Phi) is 3.28. The molecule has 2 aromatic rings. The van der Waals surface area contributed by atoms with E-state index < -0.39 is 0 Å². The van der Waals surface area contributed by atoms with Gasteiger partial charge in [-0.3, -0.25) is 0 Å². The Hall–Kier alpha value is -2.03. The summed E-state index contributed by atoms with van der Waals surface area (Å²) in [6.07, 6.45) is 0. The number of phenols is 1. The molecule has 0 fully saturated rings. The fourth-order valence-corrected chi connectivity index (χ4v) is 1.67. The molecule has 0 heterocycles. The second-order valence-corrected chi connectivity index (χ2v) is 3.97. The molecule has 0 bridgehead atoms. The maximum Gasteiger partial charge on any atom is 0.123 e.